The van der Waals surface area contributed by atoms with Crippen molar-refractivity contribution in [3.05, 3.63) is 48.0 Å². The van der Waals surface area contributed by atoms with Crippen molar-refractivity contribution in [3.8, 4) is 0 Å². The predicted molar refractivity (Wildman–Crippen MR) is 91.5 cm³/mol. The van der Waals surface area contributed by atoms with Crippen LogP contribution in [0, 0.1) is 13.8 Å². The van der Waals surface area contributed by atoms with Gasteiger partial charge in [0.05, 0.1) is 18.9 Å². The Labute approximate surface area is 137 Å². The highest BCUT2D eigenvalue weighted by atomic mass is 16.2. The molecule has 5 nitrogen and oxygen atoms in total. The number of nitrogens with zero attached hydrogens (tertiary/aromatic N) is 2. The van der Waals surface area contributed by atoms with Gasteiger partial charge in [0.25, 0.3) is 0 Å². The Morgan fingerprint density at radius 3 is 2.78 bits per heavy atom. The van der Waals surface area contributed by atoms with E-state index in [1.165, 1.54) is 0 Å². The van der Waals surface area contributed by atoms with Gasteiger partial charge in [-0.3, -0.25) is 4.79 Å². The van der Waals surface area contributed by atoms with Crippen LogP contribution in [0.5, 0.6) is 0 Å². The fourth-order valence-corrected chi connectivity index (χ4v) is 3.45. The maximum absolute atomic E-state index is 12.3. The molecule has 1 aliphatic carbocycles. The summed E-state index contributed by atoms with van der Waals surface area (Å²) < 4.78 is 2.11. The first-order valence-electron chi connectivity index (χ1n) is 8.22. The highest BCUT2D eigenvalue weighted by molar-refractivity contribution is 5.81. The topological polar surface area (TPSA) is 59.0 Å². The van der Waals surface area contributed by atoms with E-state index in [2.05, 4.69) is 46.2 Å². The van der Waals surface area contributed by atoms with E-state index in [1.54, 1.807) is 6.20 Å². The summed E-state index contributed by atoms with van der Waals surface area (Å²) >= 11 is 0. The van der Waals surface area contributed by atoms with E-state index in [0.717, 1.165) is 36.1 Å². The van der Waals surface area contributed by atoms with E-state index < -0.39 is 0 Å². The molecule has 2 unspecified atom stereocenters. The second kappa shape index (κ2) is 6.86. The number of amides is 1. The number of imidazole rings is 1. The Kier molecular flexibility index (Phi) is 4.65. The van der Waals surface area contributed by atoms with Gasteiger partial charge in [-0.2, -0.15) is 0 Å². The van der Waals surface area contributed by atoms with Gasteiger partial charge in [0.1, 0.15) is 0 Å². The lowest BCUT2D eigenvalue weighted by Gasteiger charge is -2.22. The monoisotopic (exact) mass is 312 g/mol. The molecular weight excluding hydrogens is 288 g/mol. The summed E-state index contributed by atoms with van der Waals surface area (Å²) in [7, 11) is 0. The first-order chi connectivity index (χ1) is 11.1. The molecule has 0 bridgehead atoms. The number of para-hydroxylation sites is 1. The molecule has 1 aromatic heterocycles. The maximum Gasteiger partial charge on any atom is 0.239 e. The Hall–Kier alpha value is -2.30. The molecule has 0 radical (unpaired) electrons. The molecule has 0 spiro atoms. The van der Waals surface area contributed by atoms with E-state index in [9.17, 15) is 4.79 Å². The van der Waals surface area contributed by atoms with Crippen molar-refractivity contribution in [2.45, 2.75) is 45.2 Å². The van der Waals surface area contributed by atoms with E-state index >= 15 is 0 Å². The molecule has 1 heterocycles. The lowest BCUT2D eigenvalue weighted by molar-refractivity contribution is -0.120. The second-order valence-electron chi connectivity index (χ2n) is 6.30. The Morgan fingerprint density at radius 1 is 1.30 bits per heavy atom. The molecule has 1 fully saturated rings. The average Bonchev–Trinajstić information content (AvgIpc) is 3.17. The minimum Gasteiger partial charge on any atom is -0.376 e. The number of hydrogen-bond acceptors (Lipinski definition) is 3. The van der Waals surface area contributed by atoms with Crippen LogP contribution in [0.4, 0.5) is 5.69 Å². The van der Waals surface area contributed by atoms with E-state index in [1.807, 2.05) is 18.6 Å². The SMILES string of the molecule is Cc1cccc(C)c1NCC(=O)NC1CCCC1n1ccnc1. The summed E-state index contributed by atoms with van der Waals surface area (Å²) in [5.41, 5.74) is 3.38. The summed E-state index contributed by atoms with van der Waals surface area (Å²) in [6.07, 6.45) is 8.86. The zero-order valence-electron chi connectivity index (χ0n) is 13.7. The van der Waals surface area contributed by atoms with Gasteiger partial charge in [0, 0.05) is 24.1 Å². The van der Waals surface area contributed by atoms with E-state index in [0.29, 0.717) is 12.6 Å². The van der Waals surface area contributed by atoms with Crippen molar-refractivity contribution in [2.24, 2.45) is 0 Å². The molecule has 1 aromatic carbocycles. The van der Waals surface area contributed by atoms with E-state index in [4.69, 9.17) is 0 Å². The third-order valence-corrected chi connectivity index (χ3v) is 4.64. The predicted octanol–water partition coefficient (Wildman–Crippen LogP) is 2.82. The van der Waals surface area contributed by atoms with Crippen LogP contribution in [-0.2, 0) is 4.79 Å². The largest absolute Gasteiger partial charge is 0.376 e. The van der Waals surface area contributed by atoms with Crippen molar-refractivity contribution in [3.63, 3.8) is 0 Å². The molecule has 0 aliphatic heterocycles. The Bertz CT molecular complexity index is 645. The first kappa shape index (κ1) is 15.6. The normalized spacial score (nSPS) is 20.4. The maximum atomic E-state index is 12.3. The van der Waals surface area contributed by atoms with Gasteiger partial charge in [-0.25, -0.2) is 4.98 Å². The third-order valence-electron chi connectivity index (χ3n) is 4.64. The molecule has 122 valence electrons. The van der Waals surface area contributed by atoms with Gasteiger partial charge in [0.15, 0.2) is 0 Å². The lowest BCUT2D eigenvalue weighted by atomic mass is 10.1. The highest BCUT2D eigenvalue weighted by Crippen LogP contribution is 2.29. The van der Waals surface area contributed by atoms with Crippen LogP contribution < -0.4 is 10.6 Å². The molecule has 0 saturated heterocycles. The fraction of sp³-hybridized carbons (Fsp3) is 0.444. The average molecular weight is 312 g/mol. The van der Waals surface area contributed by atoms with Crippen molar-refractivity contribution in [1.29, 1.82) is 0 Å². The van der Waals surface area contributed by atoms with Crippen molar-refractivity contribution >= 4 is 11.6 Å². The quantitative estimate of drug-likeness (QED) is 0.892. The molecule has 23 heavy (non-hydrogen) atoms. The van der Waals surface area contributed by atoms with Gasteiger partial charge in [-0.1, -0.05) is 18.2 Å². The minimum atomic E-state index is 0.0460. The Balaban J connectivity index is 1.57. The fourth-order valence-electron chi connectivity index (χ4n) is 3.45. The van der Waals surface area contributed by atoms with Gasteiger partial charge >= 0.3 is 0 Å². The zero-order valence-corrected chi connectivity index (χ0v) is 13.7. The van der Waals surface area contributed by atoms with Crippen molar-refractivity contribution in [2.75, 3.05) is 11.9 Å². The zero-order chi connectivity index (χ0) is 16.2. The van der Waals surface area contributed by atoms with Crippen LogP contribution in [0.1, 0.15) is 36.4 Å². The minimum absolute atomic E-state index is 0.0460. The summed E-state index contributed by atoms with van der Waals surface area (Å²) in [5, 5.41) is 6.45. The molecule has 1 aliphatic rings. The Morgan fingerprint density at radius 2 is 2.09 bits per heavy atom. The van der Waals surface area contributed by atoms with Gasteiger partial charge in [-0.05, 0) is 44.2 Å². The number of rotatable bonds is 5. The van der Waals surface area contributed by atoms with Crippen LogP contribution >= 0.6 is 0 Å². The molecule has 2 atom stereocenters. The van der Waals surface area contributed by atoms with Crippen LogP contribution in [0.15, 0.2) is 36.9 Å². The van der Waals surface area contributed by atoms with Gasteiger partial charge in [0.2, 0.25) is 5.91 Å². The van der Waals surface area contributed by atoms with Gasteiger partial charge in [-0.15, -0.1) is 0 Å². The number of aryl methyl sites for hydroxylation is 2. The summed E-state index contributed by atoms with van der Waals surface area (Å²) in [4.78, 5) is 16.4. The lowest BCUT2D eigenvalue weighted by Crippen LogP contribution is -2.41. The van der Waals surface area contributed by atoms with Gasteiger partial charge < -0.3 is 15.2 Å². The number of carbonyl (C=O) groups is 1. The number of hydrogen-bond donors (Lipinski definition) is 2. The smallest absolute Gasteiger partial charge is 0.239 e. The number of benzene rings is 1. The van der Waals surface area contributed by atoms with Crippen molar-refractivity contribution in [1.82, 2.24) is 14.9 Å². The molecule has 2 aromatic rings. The molecule has 3 rings (SSSR count). The van der Waals surface area contributed by atoms with Crippen LogP contribution in [0.2, 0.25) is 0 Å². The summed E-state index contributed by atoms with van der Waals surface area (Å²) in [6.45, 7) is 4.41. The van der Waals surface area contributed by atoms with E-state index in [-0.39, 0.29) is 11.9 Å². The molecule has 2 N–H and O–H groups in total. The standard InChI is InChI=1S/C18H24N4O/c1-13-5-3-6-14(2)18(13)20-11-17(23)21-15-7-4-8-16(15)22-10-9-19-12-22/h3,5-6,9-10,12,15-16,20H,4,7-8,11H2,1-2H3,(H,21,23). The first-order valence-corrected chi connectivity index (χ1v) is 8.22. The second-order valence-corrected chi connectivity index (χ2v) is 6.30. The third kappa shape index (κ3) is 3.55. The van der Waals surface area contributed by atoms with Crippen LogP contribution in [0.3, 0.4) is 0 Å². The molecule has 1 saturated carbocycles. The molecule has 5 heteroatoms. The molecular formula is C18H24N4O. The summed E-state index contributed by atoms with van der Waals surface area (Å²) in [6, 6.07) is 6.65. The number of aromatic nitrogens is 2. The number of carbonyl (C=O) groups excluding carboxylic acids is 1. The number of nitrogens with one attached hydrogen (secondary N) is 2. The molecule has 1 amide bonds. The number of anilines is 1. The summed E-state index contributed by atoms with van der Waals surface area (Å²) in [5.74, 6) is 0.0460. The van der Waals surface area contributed by atoms with Crippen LogP contribution in [0.25, 0.3) is 0 Å². The highest BCUT2D eigenvalue weighted by Gasteiger charge is 2.29. The van der Waals surface area contributed by atoms with Crippen molar-refractivity contribution < 1.29 is 4.79 Å². The van der Waals surface area contributed by atoms with Crippen LogP contribution in [-0.4, -0.2) is 28.0 Å².